The molecule has 9 heteroatoms. The number of carbonyl (C=O) groups excluding carboxylic acids is 3. The number of unbranched alkanes of at least 4 members (excludes halogenated alkanes) is 5. The molecule has 0 bridgehead atoms. The fraction of sp³-hybridized carbons (Fsp3) is 0.545. The zero-order valence-electron chi connectivity index (χ0n) is 26.2. The van der Waals surface area contributed by atoms with Crippen molar-refractivity contribution in [2.75, 3.05) is 17.6 Å². The number of rotatable bonds is 14. The summed E-state index contributed by atoms with van der Waals surface area (Å²) in [4.78, 5) is 42.6. The number of nitrogens with one attached hydrogen (secondary N) is 2. The molecule has 2 atom stereocenters. The van der Waals surface area contributed by atoms with E-state index in [2.05, 4.69) is 30.2 Å². The zero-order valence-corrected chi connectivity index (χ0v) is 27.8. The molecule has 0 aliphatic carbocycles. The molecule has 2 unspecified atom stereocenters. The van der Waals surface area contributed by atoms with Gasteiger partial charge >= 0.3 is 6.09 Å². The van der Waals surface area contributed by atoms with Crippen molar-refractivity contribution in [3.8, 4) is 0 Å². The smallest absolute Gasteiger partial charge is 0.408 e. The van der Waals surface area contributed by atoms with Crippen molar-refractivity contribution in [1.29, 1.82) is 0 Å². The molecule has 0 aliphatic rings. The second-order valence-corrected chi connectivity index (χ2v) is 12.6. The summed E-state index contributed by atoms with van der Waals surface area (Å²) >= 11 is 10.9. The minimum absolute atomic E-state index is 0.0377. The fourth-order valence-electron chi connectivity index (χ4n) is 4.65. The first-order valence-electron chi connectivity index (χ1n) is 14.8. The third-order valence-electron chi connectivity index (χ3n) is 7.08. The Hall–Kier alpha value is -2.71. The Labute approximate surface area is 262 Å². The third kappa shape index (κ3) is 10.8. The number of ether oxygens (including phenoxy) is 1. The van der Waals surface area contributed by atoms with E-state index in [4.69, 9.17) is 16.3 Å². The SMILES string of the molecule is CCCCCCCCN(C(=O)C(CS)NC(=O)OC(C)(C)C)C(C(=O)Nc1c(C)cccc1Cl)c1ccc(C)c(C)c1. The van der Waals surface area contributed by atoms with Crippen molar-refractivity contribution in [2.45, 2.75) is 105 Å². The molecule has 2 aromatic carbocycles. The van der Waals surface area contributed by atoms with Crippen molar-refractivity contribution < 1.29 is 19.1 Å². The van der Waals surface area contributed by atoms with E-state index in [1.54, 1.807) is 31.7 Å². The number of carbonyl (C=O) groups is 3. The Kier molecular flexibility index (Phi) is 14.2. The van der Waals surface area contributed by atoms with Gasteiger partial charge < -0.3 is 20.3 Å². The first kappa shape index (κ1) is 35.5. The average Bonchev–Trinajstić information content (AvgIpc) is 2.91. The molecule has 232 valence electrons. The molecular weight excluding hydrogens is 570 g/mol. The van der Waals surface area contributed by atoms with Gasteiger partial charge in [-0.3, -0.25) is 9.59 Å². The molecule has 0 saturated carbocycles. The van der Waals surface area contributed by atoms with E-state index in [9.17, 15) is 14.4 Å². The number of hydrogen-bond acceptors (Lipinski definition) is 5. The summed E-state index contributed by atoms with van der Waals surface area (Å²) < 4.78 is 5.41. The van der Waals surface area contributed by atoms with Gasteiger partial charge in [0, 0.05) is 12.3 Å². The Morgan fingerprint density at radius 1 is 0.952 bits per heavy atom. The average molecular weight is 618 g/mol. The van der Waals surface area contributed by atoms with E-state index in [0.717, 1.165) is 48.8 Å². The largest absolute Gasteiger partial charge is 0.444 e. The number of thiol groups is 1. The highest BCUT2D eigenvalue weighted by molar-refractivity contribution is 7.80. The summed E-state index contributed by atoms with van der Waals surface area (Å²) in [7, 11) is 0. The lowest BCUT2D eigenvalue weighted by atomic mass is 9.97. The summed E-state index contributed by atoms with van der Waals surface area (Å²) in [6, 6.07) is 9.22. The van der Waals surface area contributed by atoms with E-state index in [0.29, 0.717) is 29.2 Å². The molecule has 0 fully saturated rings. The number of hydrogen-bond donors (Lipinski definition) is 3. The maximum absolute atomic E-state index is 14.2. The lowest BCUT2D eigenvalue weighted by Crippen LogP contribution is -2.53. The number of anilines is 1. The van der Waals surface area contributed by atoms with Gasteiger partial charge in [-0.05, 0) is 76.3 Å². The number of nitrogens with zero attached hydrogens (tertiary/aromatic N) is 1. The molecule has 0 aromatic heterocycles. The van der Waals surface area contributed by atoms with Crippen LogP contribution >= 0.6 is 24.2 Å². The van der Waals surface area contributed by atoms with Crippen LogP contribution in [0.5, 0.6) is 0 Å². The fourth-order valence-corrected chi connectivity index (χ4v) is 5.17. The van der Waals surface area contributed by atoms with Crippen molar-refractivity contribution in [1.82, 2.24) is 10.2 Å². The van der Waals surface area contributed by atoms with E-state index < -0.39 is 29.7 Å². The molecule has 2 rings (SSSR count). The second kappa shape index (κ2) is 16.8. The minimum atomic E-state index is -0.993. The predicted molar refractivity (Wildman–Crippen MR) is 176 cm³/mol. The summed E-state index contributed by atoms with van der Waals surface area (Å²) in [5.74, 6) is -0.752. The molecule has 0 saturated heterocycles. The highest BCUT2D eigenvalue weighted by atomic mass is 35.5. The molecular formula is C33H48ClN3O4S. The van der Waals surface area contributed by atoms with Crippen LogP contribution in [0, 0.1) is 20.8 Å². The number of alkyl carbamates (subject to hydrolysis) is 1. The Morgan fingerprint density at radius 3 is 2.21 bits per heavy atom. The van der Waals surface area contributed by atoms with Crippen LogP contribution in [0.15, 0.2) is 36.4 Å². The van der Waals surface area contributed by atoms with Gasteiger partial charge in [0.25, 0.3) is 5.91 Å². The van der Waals surface area contributed by atoms with Gasteiger partial charge in [-0.1, -0.05) is 81.0 Å². The lowest BCUT2D eigenvalue weighted by Gasteiger charge is -2.34. The van der Waals surface area contributed by atoms with Crippen LogP contribution in [0.1, 0.15) is 94.5 Å². The van der Waals surface area contributed by atoms with Gasteiger partial charge in [-0.2, -0.15) is 12.6 Å². The van der Waals surface area contributed by atoms with Crippen molar-refractivity contribution in [3.05, 3.63) is 63.7 Å². The molecule has 42 heavy (non-hydrogen) atoms. The highest BCUT2D eigenvalue weighted by Gasteiger charge is 2.36. The molecule has 7 nitrogen and oxygen atoms in total. The van der Waals surface area contributed by atoms with Gasteiger partial charge in [0.1, 0.15) is 17.7 Å². The molecule has 0 spiro atoms. The minimum Gasteiger partial charge on any atom is -0.444 e. The summed E-state index contributed by atoms with van der Waals surface area (Å²) in [6.45, 7) is 13.6. The van der Waals surface area contributed by atoms with Crippen LogP contribution in [0.3, 0.4) is 0 Å². The maximum Gasteiger partial charge on any atom is 0.408 e. The maximum atomic E-state index is 14.2. The van der Waals surface area contributed by atoms with Crippen molar-refractivity contribution in [3.63, 3.8) is 0 Å². The number of aryl methyl sites for hydroxylation is 3. The van der Waals surface area contributed by atoms with Crippen LogP contribution in [0.2, 0.25) is 5.02 Å². The topological polar surface area (TPSA) is 87.7 Å². The van der Waals surface area contributed by atoms with E-state index in [1.807, 2.05) is 51.1 Å². The first-order chi connectivity index (χ1) is 19.8. The Morgan fingerprint density at radius 2 is 1.62 bits per heavy atom. The predicted octanol–water partition coefficient (Wildman–Crippen LogP) is 7.96. The van der Waals surface area contributed by atoms with Gasteiger partial charge in [0.2, 0.25) is 5.91 Å². The van der Waals surface area contributed by atoms with Crippen molar-refractivity contribution in [2.24, 2.45) is 0 Å². The van der Waals surface area contributed by atoms with Crippen LogP contribution in [-0.4, -0.2) is 46.7 Å². The number of amides is 3. The van der Waals surface area contributed by atoms with Crippen LogP contribution < -0.4 is 10.6 Å². The van der Waals surface area contributed by atoms with Crippen LogP contribution in [-0.2, 0) is 14.3 Å². The Bertz CT molecular complexity index is 1190. The van der Waals surface area contributed by atoms with Crippen molar-refractivity contribution >= 4 is 47.8 Å². The van der Waals surface area contributed by atoms with Gasteiger partial charge in [-0.15, -0.1) is 0 Å². The summed E-state index contributed by atoms with van der Waals surface area (Å²) in [5.41, 5.74) is 3.33. The quantitative estimate of drug-likeness (QED) is 0.148. The zero-order chi connectivity index (χ0) is 31.4. The van der Waals surface area contributed by atoms with Gasteiger partial charge in [-0.25, -0.2) is 4.79 Å². The van der Waals surface area contributed by atoms with E-state index in [1.165, 1.54) is 0 Å². The number of benzene rings is 2. The molecule has 2 N–H and O–H groups in total. The summed E-state index contributed by atoms with van der Waals surface area (Å²) in [6.07, 6.45) is 5.38. The third-order valence-corrected chi connectivity index (χ3v) is 7.76. The standard InChI is InChI=1S/C33H48ClN3O4S/c1-8-9-10-11-12-13-19-37(31(39)27(21-42)35-32(40)41-33(5,6)7)29(25-18-17-22(2)24(4)20-25)30(38)36-28-23(3)15-14-16-26(28)34/h14-18,20,27,29,42H,8-13,19,21H2,1-7H3,(H,35,40)(H,36,38). The number of para-hydroxylation sites is 1. The molecule has 2 aromatic rings. The molecule has 3 amide bonds. The van der Waals surface area contributed by atoms with Gasteiger partial charge in [0.05, 0.1) is 10.7 Å². The molecule has 0 aliphatic heterocycles. The van der Waals surface area contributed by atoms with Gasteiger partial charge in [0.15, 0.2) is 0 Å². The summed E-state index contributed by atoms with van der Waals surface area (Å²) in [5, 5.41) is 6.08. The van der Waals surface area contributed by atoms with Crippen LogP contribution in [0.4, 0.5) is 10.5 Å². The number of halogens is 1. The van der Waals surface area contributed by atoms with E-state index in [-0.39, 0.29) is 11.7 Å². The lowest BCUT2D eigenvalue weighted by molar-refractivity contribution is -0.140. The second-order valence-electron chi connectivity index (χ2n) is 11.8. The van der Waals surface area contributed by atoms with Crippen LogP contribution in [0.25, 0.3) is 0 Å². The monoisotopic (exact) mass is 617 g/mol. The highest BCUT2D eigenvalue weighted by Crippen LogP contribution is 2.30. The normalized spacial score (nSPS) is 12.8. The van der Waals surface area contributed by atoms with E-state index >= 15 is 0 Å². The molecule has 0 radical (unpaired) electrons. The first-order valence-corrected chi connectivity index (χ1v) is 15.8. The Balaban J connectivity index is 2.53. The molecule has 0 heterocycles.